The second-order valence-corrected chi connectivity index (χ2v) is 4.43. The molecule has 0 bridgehead atoms. The van der Waals surface area contributed by atoms with Crippen LogP contribution >= 0.6 is 0 Å². The first-order valence-corrected chi connectivity index (χ1v) is 5.99. The van der Waals surface area contributed by atoms with Crippen molar-refractivity contribution in [3.05, 3.63) is 12.4 Å². The molecule has 0 aliphatic heterocycles. The van der Waals surface area contributed by atoms with E-state index in [0.29, 0.717) is 18.2 Å². The summed E-state index contributed by atoms with van der Waals surface area (Å²) in [5, 5.41) is 6.91. The summed E-state index contributed by atoms with van der Waals surface area (Å²) < 4.78 is 7.25. The number of rotatable bonds is 6. The highest BCUT2D eigenvalue weighted by atomic mass is 16.5. The molecule has 1 atom stereocenters. The Kier molecular flexibility index (Phi) is 5.00. The molecule has 1 N–H and O–H groups in total. The van der Waals surface area contributed by atoms with Crippen molar-refractivity contribution >= 4 is 5.91 Å². The molecule has 0 saturated carbocycles. The summed E-state index contributed by atoms with van der Waals surface area (Å²) in [6.07, 6.45) is 2.91. The summed E-state index contributed by atoms with van der Waals surface area (Å²) in [5.74, 6) is 0.969. The molecule has 0 radical (unpaired) electrons. The van der Waals surface area contributed by atoms with Gasteiger partial charge in [0, 0.05) is 13.1 Å². The zero-order valence-corrected chi connectivity index (χ0v) is 10.9. The Morgan fingerprint density at radius 3 is 2.76 bits per heavy atom. The van der Waals surface area contributed by atoms with Crippen molar-refractivity contribution in [3.8, 4) is 5.75 Å². The quantitative estimate of drug-likeness (QED) is 0.817. The highest BCUT2D eigenvalue weighted by Gasteiger charge is 2.15. The van der Waals surface area contributed by atoms with Crippen molar-refractivity contribution in [1.82, 2.24) is 15.1 Å². The lowest BCUT2D eigenvalue weighted by Crippen LogP contribution is -2.38. The Balaban J connectivity index is 2.42. The van der Waals surface area contributed by atoms with E-state index in [1.54, 1.807) is 24.0 Å². The molecule has 0 spiro atoms. The molecule has 1 aromatic rings. The average Bonchev–Trinajstić information content (AvgIpc) is 2.73. The van der Waals surface area contributed by atoms with E-state index in [4.69, 9.17) is 4.74 Å². The van der Waals surface area contributed by atoms with E-state index >= 15 is 0 Å². The minimum Gasteiger partial charge on any atom is -0.478 e. The van der Waals surface area contributed by atoms with E-state index in [2.05, 4.69) is 24.3 Å². The Morgan fingerprint density at radius 1 is 1.53 bits per heavy atom. The van der Waals surface area contributed by atoms with Gasteiger partial charge in [-0.05, 0) is 19.8 Å². The third-order valence-corrected chi connectivity index (χ3v) is 2.30. The van der Waals surface area contributed by atoms with Crippen molar-refractivity contribution in [2.24, 2.45) is 5.92 Å². The lowest BCUT2D eigenvalue weighted by molar-refractivity contribution is -0.127. The third kappa shape index (κ3) is 4.46. The summed E-state index contributed by atoms with van der Waals surface area (Å²) in [7, 11) is 0. The number of ether oxygens (including phenoxy) is 1. The summed E-state index contributed by atoms with van der Waals surface area (Å²) in [4.78, 5) is 11.7. The van der Waals surface area contributed by atoms with E-state index in [0.717, 1.165) is 6.54 Å². The predicted octanol–water partition coefficient (Wildman–Crippen LogP) is 1.44. The molecule has 1 amide bonds. The maximum atomic E-state index is 11.7. The lowest BCUT2D eigenvalue weighted by atomic mass is 10.2. The number of nitrogens with zero attached hydrogens (tertiary/aromatic N) is 2. The molecule has 1 rings (SSSR count). The van der Waals surface area contributed by atoms with Gasteiger partial charge in [-0.2, -0.15) is 5.10 Å². The van der Waals surface area contributed by atoms with Crippen LogP contribution in [-0.2, 0) is 11.3 Å². The molecule has 0 aromatic carbocycles. The first kappa shape index (κ1) is 13.5. The van der Waals surface area contributed by atoms with E-state index < -0.39 is 6.10 Å². The molecule has 0 saturated heterocycles. The second kappa shape index (κ2) is 6.27. The van der Waals surface area contributed by atoms with Crippen molar-refractivity contribution < 1.29 is 9.53 Å². The molecular formula is C12H21N3O2. The van der Waals surface area contributed by atoms with Crippen LogP contribution in [0.4, 0.5) is 0 Å². The van der Waals surface area contributed by atoms with Crippen LogP contribution in [0.25, 0.3) is 0 Å². The number of nitrogens with one attached hydrogen (secondary N) is 1. The Hall–Kier alpha value is -1.52. The first-order valence-electron chi connectivity index (χ1n) is 5.99. The highest BCUT2D eigenvalue weighted by molar-refractivity contribution is 5.80. The van der Waals surface area contributed by atoms with Crippen LogP contribution in [0.1, 0.15) is 27.7 Å². The van der Waals surface area contributed by atoms with Gasteiger partial charge in [0.15, 0.2) is 11.9 Å². The van der Waals surface area contributed by atoms with Gasteiger partial charge in [-0.25, -0.2) is 0 Å². The van der Waals surface area contributed by atoms with E-state index in [-0.39, 0.29) is 5.91 Å². The topological polar surface area (TPSA) is 56.1 Å². The maximum absolute atomic E-state index is 11.7. The molecule has 5 heteroatoms. The largest absolute Gasteiger partial charge is 0.478 e. The maximum Gasteiger partial charge on any atom is 0.260 e. The van der Waals surface area contributed by atoms with Gasteiger partial charge in [0.25, 0.3) is 5.91 Å². The van der Waals surface area contributed by atoms with Crippen LogP contribution in [0.15, 0.2) is 12.4 Å². The van der Waals surface area contributed by atoms with Crippen LogP contribution in [-0.4, -0.2) is 28.3 Å². The van der Waals surface area contributed by atoms with Gasteiger partial charge >= 0.3 is 0 Å². The van der Waals surface area contributed by atoms with E-state index in [9.17, 15) is 4.79 Å². The van der Waals surface area contributed by atoms with Crippen LogP contribution in [0.3, 0.4) is 0 Å². The molecule has 0 aliphatic rings. The highest BCUT2D eigenvalue weighted by Crippen LogP contribution is 2.10. The molecule has 1 aromatic heterocycles. The summed E-state index contributed by atoms with van der Waals surface area (Å²) in [6.45, 7) is 9.29. The zero-order chi connectivity index (χ0) is 12.8. The van der Waals surface area contributed by atoms with E-state index in [1.807, 2.05) is 6.92 Å². The zero-order valence-electron chi connectivity index (χ0n) is 10.9. The summed E-state index contributed by atoms with van der Waals surface area (Å²) in [6, 6.07) is 0. The Morgan fingerprint density at radius 2 is 2.24 bits per heavy atom. The smallest absolute Gasteiger partial charge is 0.260 e. The fourth-order valence-electron chi connectivity index (χ4n) is 1.28. The molecule has 17 heavy (non-hydrogen) atoms. The molecule has 0 aliphatic carbocycles. The minimum atomic E-state index is -0.497. The SMILES string of the molecule is CCn1cc(OC(C)C(=O)NCC(C)C)cn1. The van der Waals surface area contributed by atoms with E-state index in [1.165, 1.54) is 0 Å². The van der Waals surface area contributed by atoms with Crippen molar-refractivity contribution in [3.63, 3.8) is 0 Å². The number of aryl methyl sites for hydroxylation is 1. The number of hydrogen-bond acceptors (Lipinski definition) is 3. The van der Waals surface area contributed by atoms with Gasteiger partial charge in [0.05, 0.1) is 12.4 Å². The second-order valence-electron chi connectivity index (χ2n) is 4.43. The minimum absolute atomic E-state index is 0.0945. The van der Waals surface area contributed by atoms with Gasteiger partial charge in [-0.1, -0.05) is 13.8 Å². The van der Waals surface area contributed by atoms with Crippen LogP contribution in [0, 0.1) is 5.92 Å². The monoisotopic (exact) mass is 239 g/mol. The molecule has 96 valence electrons. The Labute approximate surface area is 102 Å². The first-order chi connectivity index (χ1) is 8.02. The van der Waals surface area contributed by atoms with Gasteiger partial charge in [-0.3, -0.25) is 9.48 Å². The molecule has 5 nitrogen and oxygen atoms in total. The van der Waals surface area contributed by atoms with Crippen LogP contribution in [0.2, 0.25) is 0 Å². The Bertz CT molecular complexity index is 360. The third-order valence-electron chi connectivity index (χ3n) is 2.30. The summed E-state index contributed by atoms with van der Waals surface area (Å²) >= 11 is 0. The standard InChI is InChI=1S/C12H21N3O2/c1-5-15-8-11(7-14-15)17-10(4)12(16)13-6-9(2)3/h7-10H,5-6H2,1-4H3,(H,13,16). The molecule has 1 heterocycles. The molecule has 0 fully saturated rings. The fourth-order valence-corrected chi connectivity index (χ4v) is 1.28. The average molecular weight is 239 g/mol. The number of carbonyl (C=O) groups is 1. The van der Waals surface area contributed by atoms with Gasteiger partial charge < -0.3 is 10.1 Å². The van der Waals surface area contributed by atoms with Gasteiger partial charge in [0.1, 0.15) is 0 Å². The van der Waals surface area contributed by atoms with Crippen molar-refractivity contribution in [2.45, 2.75) is 40.3 Å². The summed E-state index contributed by atoms with van der Waals surface area (Å²) in [5.41, 5.74) is 0. The molecular weight excluding hydrogens is 218 g/mol. The number of carbonyl (C=O) groups excluding carboxylic acids is 1. The lowest BCUT2D eigenvalue weighted by Gasteiger charge is -2.14. The van der Waals surface area contributed by atoms with Gasteiger partial charge in [-0.15, -0.1) is 0 Å². The number of amides is 1. The van der Waals surface area contributed by atoms with Crippen LogP contribution in [0.5, 0.6) is 5.75 Å². The number of aromatic nitrogens is 2. The normalized spacial score (nSPS) is 12.5. The fraction of sp³-hybridized carbons (Fsp3) is 0.667. The number of hydrogen-bond donors (Lipinski definition) is 1. The van der Waals surface area contributed by atoms with Crippen molar-refractivity contribution in [2.75, 3.05) is 6.54 Å². The van der Waals surface area contributed by atoms with Gasteiger partial charge in [0.2, 0.25) is 0 Å². The van der Waals surface area contributed by atoms with Crippen LogP contribution < -0.4 is 10.1 Å². The predicted molar refractivity (Wildman–Crippen MR) is 65.8 cm³/mol. The van der Waals surface area contributed by atoms with Crippen molar-refractivity contribution in [1.29, 1.82) is 0 Å². The molecule has 1 unspecified atom stereocenters.